The van der Waals surface area contributed by atoms with Crippen molar-refractivity contribution < 1.29 is 15.0 Å². The summed E-state index contributed by atoms with van der Waals surface area (Å²) in [6, 6.07) is 5.52. The average molecular weight is 194 g/mol. The van der Waals surface area contributed by atoms with Crippen molar-refractivity contribution in [1.82, 2.24) is 0 Å². The second-order valence-corrected chi connectivity index (χ2v) is 3.40. The lowest BCUT2D eigenvalue weighted by atomic mass is 9.98. The third-order valence-corrected chi connectivity index (χ3v) is 2.37. The van der Waals surface area contributed by atoms with Crippen LogP contribution in [0.25, 0.3) is 0 Å². The van der Waals surface area contributed by atoms with Crippen molar-refractivity contribution in [1.29, 1.82) is 0 Å². The van der Waals surface area contributed by atoms with Gasteiger partial charge in [0, 0.05) is 0 Å². The molecule has 14 heavy (non-hydrogen) atoms. The topological polar surface area (TPSA) is 57.5 Å². The van der Waals surface area contributed by atoms with Crippen LogP contribution in [0.2, 0.25) is 0 Å². The predicted molar refractivity (Wildman–Crippen MR) is 53.1 cm³/mol. The highest BCUT2D eigenvalue weighted by Gasteiger charge is 2.14. The summed E-state index contributed by atoms with van der Waals surface area (Å²) in [4.78, 5) is 10.4. The van der Waals surface area contributed by atoms with E-state index in [1.807, 2.05) is 26.0 Å². The van der Waals surface area contributed by atoms with E-state index in [1.165, 1.54) is 0 Å². The first kappa shape index (κ1) is 10.7. The van der Waals surface area contributed by atoms with E-state index in [9.17, 15) is 9.90 Å². The molecule has 0 aliphatic rings. The van der Waals surface area contributed by atoms with Crippen molar-refractivity contribution in [3.63, 3.8) is 0 Å². The Morgan fingerprint density at radius 3 is 2.64 bits per heavy atom. The minimum atomic E-state index is -0.988. The Bertz CT molecular complexity index is 344. The monoisotopic (exact) mass is 194 g/mol. The summed E-state index contributed by atoms with van der Waals surface area (Å²) in [5.41, 5.74) is 2.72. The number of carboxylic acids is 1. The third kappa shape index (κ3) is 2.33. The fraction of sp³-hybridized carbons (Fsp3) is 0.364. The summed E-state index contributed by atoms with van der Waals surface area (Å²) < 4.78 is 0. The summed E-state index contributed by atoms with van der Waals surface area (Å²) in [5.74, 6) is -0.988. The molecule has 1 atom stereocenters. The van der Waals surface area contributed by atoms with Gasteiger partial charge in [-0.15, -0.1) is 0 Å². The van der Waals surface area contributed by atoms with Crippen molar-refractivity contribution in [3.8, 4) is 0 Å². The zero-order chi connectivity index (χ0) is 10.7. The minimum Gasteiger partial charge on any atom is -0.481 e. The molecule has 0 aromatic heterocycles. The molecule has 0 heterocycles. The van der Waals surface area contributed by atoms with E-state index in [4.69, 9.17) is 5.11 Å². The first-order valence-electron chi connectivity index (χ1n) is 4.48. The predicted octanol–water partition coefficient (Wildman–Crippen LogP) is 1.81. The van der Waals surface area contributed by atoms with Crippen molar-refractivity contribution in [3.05, 3.63) is 34.9 Å². The fourth-order valence-electron chi connectivity index (χ4n) is 1.41. The van der Waals surface area contributed by atoms with Crippen LogP contribution in [0.4, 0.5) is 0 Å². The van der Waals surface area contributed by atoms with Crippen LogP contribution in [0.5, 0.6) is 0 Å². The van der Waals surface area contributed by atoms with Gasteiger partial charge in [0.1, 0.15) is 0 Å². The molecule has 76 valence electrons. The summed E-state index contributed by atoms with van der Waals surface area (Å²) in [6.07, 6.45) is -1.16. The molecule has 3 nitrogen and oxygen atoms in total. The SMILES string of the molecule is Cc1cccc(C(O)CC(=O)O)c1C. The van der Waals surface area contributed by atoms with Crippen molar-refractivity contribution in [2.24, 2.45) is 0 Å². The molecule has 0 aliphatic carbocycles. The lowest BCUT2D eigenvalue weighted by molar-refractivity contribution is -0.139. The average Bonchev–Trinajstić information content (AvgIpc) is 2.08. The molecule has 2 N–H and O–H groups in total. The number of aliphatic hydroxyl groups excluding tert-OH is 1. The van der Waals surface area contributed by atoms with Gasteiger partial charge in [-0.05, 0) is 30.5 Å². The van der Waals surface area contributed by atoms with Crippen LogP contribution in [-0.2, 0) is 4.79 Å². The maximum Gasteiger partial charge on any atom is 0.306 e. The second kappa shape index (κ2) is 4.24. The number of aliphatic carboxylic acids is 1. The lowest BCUT2D eigenvalue weighted by Crippen LogP contribution is -2.07. The normalized spacial score (nSPS) is 12.5. The van der Waals surface area contributed by atoms with Crippen LogP contribution in [0.3, 0.4) is 0 Å². The first-order valence-corrected chi connectivity index (χ1v) is 4.48. The Labute approximate surface area is 83.0 Å². The highest BCUT2D eigenvalue weighted by molar-refractivity contribution is 5.67. The standard InChI is InChI=1S/C11H14O3/c1-7-4-3-5-9(8(7)2)10(12)6-11(13)14/h3-5,10,12H,6H2,1-2H3,(H,13,14). The van der Waals surface area contributed by atoms with E-state index >= 15 is 0 Å². The van der Waals surface area contributed by atoms with Crippen molar-refractivity contribution in [2.75, 3.05) is 0 Å². The Kier molecular flexibility index (Phi) is 3.25. The largest absolute Gasteiger partial charge is 0.481 e. The molecule has 0 spiro atoms. The molecule has 1 rings (SSSR count). The van der Waals surface area contributed by atoms with Crippen LogP contribution in [-0.4, -0.2) is 16.2 Å². The van der Waals surface area contributed by atoms with E-state index in [2.05, 4.69) is 0 Å². The van der Waals surface area contributed by atoms with Gasteiger partial charge in [0.2, 0.25) is 0 Å². The molecule has 1 unspecified atom stereocenters. The van der Waals surface area contributed by atoms with Gasteiger partial charge in [0.25, 0.3) is 0 Å². The van der Waals surface area contributed by atoms with Gasteiger partial charge >= 0.3 is 5.97 Å². The molecule has 1 aromatic carbocycles. The Hall–Kier alpha value is -1.35. The maximum atomic E-state index is 10.4. The van der Waals surface area contributed by atoms with Crippen LogP contribution in [0.15, 0.2) is 18.2 Å². The number of aliphatic hydroxyl groups is 1. The number of hydrogen-bond acceptors (Lipinski definition) is 2. The molecule has 0 amide bonds. The molecule has 0 bridgehead atoms. The molecule has 0 saturated heterocycles. The molecular formula is C11H14O3. The minimum absolute atomic E-state index is 0.246. The molecular weight excluding hydrogens is 180 g/mol. The van der Waals surface area contributed by atoms with Gasteiger partial charge in [-0.2, -0.15) is 0 Å². The summed E-state index contributed by atoms with van der Waals surface area (Å²) in [5, 5.41) is 18.2. The highest BCUT2D eigenvalue weighted by atomic mass is 16.4. The number of hydrogen-bond donors (Lipinski definition) is 2. The van der Waals surface area contributed by atoms with Crippen molar-refractivity contribution >= 4 is 5.97 Å². The van der Waals surface area contributed by atoms with Gasteiger partial charge in [-0.25, -0.2) is 0 Å². The summed E-state index contributed by atoms with van der Waals surface area (Å²) >= 11 is 0. The smallest absolute Gasteiger partial charge is 0.306 e. The number of rotatable bonds is 3. The van der Waals surface area contributed by atoms with E-state index in [-0.39, 0.29) is 6.42 Å². The number of carboxylic acid groups (broad SMARTS) is 1. The maximum absolute atomic E-state index is 10.4. The van der Waals surface area contributed by atoms with Gasteiger partial charge in [-0.1, -0.05) is 18.2 Å². The first-order chi connectivity index (χ1) is 6.52. The van der Waals surface area contributed by atoms with Crippen LogP contribution in [0, 0.1) is 13.8 Å². The zero-order valence-corrected chi connectivity index (χ0v) is 8.32. The molecule has 0 aliphatic heterocycles. The van der Waals surface area contributed by atoms with Gasteiger partial charge in [0.15, 0.2) is 0 Å². The quantitative estimate of drug-likeness (QED) is 0.771. The van der Waals surface area contributed by atoms with Crippen LogP contribution < -0.4 is 0 Å². The van der Waals surface area contributed by atoms with Crippen molar-refractivity contribution in [2.45, 2.75) is 26.4 Å². The van der Waals surface area contributed by atoms with E-state index in [0.29, 0.717) is 5.56 Å². The zero-order valence-electron chi connectivity index (χ0n) is 8.32. The fourth-order valence-corrected chi connectivity index (χ4v) is 1.41. The van der Waals surface area contributed by atoms with Crippen LogP contribution in [0.1, 0.15) is 29.2 Å². The number of carbonyl (C=O) groups is 1. The molecule has 0 fully saturated rings. The molecule has 3 heteroatoms. The molecule has 0 saturated carbocycles. The Balaban J connectivity index is 2.95. The van der Waals surface area contributed by atoms with E-state index in [0.717, 1.165) is 11.1 Å². The van der Waals surface area contributed by atoms with E-state index < -0.39 is 12.1 Å². The molecule has 1 aromatic rings. The van der Waals surface area contributed by atoms with E-state index in [1.54, 1.807) is 6.07 Å². The van der Waals surface area contributed by atoms with Crippen LogP contribution >= 0.6 is 0 Å². The van der Waals surface area contributed by atoms with Gasteiger partial charge in [-0.3, -0.25) is 4.79 Å². The molecule has 0 radical (unpaired) electrons. The Morgan fingerprint density at radius 2 is 2.07 bits per heavy atom. The van der Waals surface area contributed by atoms with Gasteiger partial charge < -0.3 is 10.2 Å². The number of aryl methyl sites for hydroxylation is 1. The summed E-state index contributed by atoms with van der Waals surface area (Å²) in [7, 11) is 0. The second-order valence-electron chi connectivity index (χ2n) is 3.40. The Morgan fingerprint density at radius 1 is 1.43 bits per heavy atom. The third-order valence-electron chi connectivity index (χ3n) is 2.37. The summed E-state index contributed by atoms with van der Waals surface area (Å²) in [6.45, 7) is 3.82. The lowest BCUT2D eigenvalue weighted by Gasteiger charge is -2.13. The van der Waals surface area contributed by atoms with Gasteiger partial charge in [0.05, 0.1) is 12.5 Å². The number of benzene rings is 1. The highest BCUT2D eigenvalue weighted by Crippen LogP contribution is 2.22.